The van der Waals surface area contributed by atoms with Crippen molar-refractivity contribution in [3.8, 4) is 45.2 Å². The van der Waals surface area contributed by atoms with Crippen LogP contribution in [-0.2, 0) is 0 Å². The maximum Gasteiger partial charge on any atom is 0.160 e. The zero-order valence-corrected chi connectivity index (χ0v) is 26.3. The number of pyridine rings is 2. The highest BCUT2D eigenvalue weighted by atomic mass is 15.0. The van der Waals surface area contributed by atoms with Gasteiger partial charge in [-0.3, -0.25) is 4.40 Å². The highest BCUT2D eigenvalue weighted by molar-refractivity contribution is 6.09. The summed E-state index contributed by atoms with van der Waals surface area (Å²) in [7, 11) is 0. The van der Waals surface area contributed by atoms with Crippen LogP contribution in [0, 0.1) is 0 Å². The van der Waals surface area contributed by atoms with E-state index in [0.717, 1.165) is 77.7 Å². The molecule has 4 aromatic heterocycles. The number of hydrogen-bond acceptors (Lipinski definition) is 4. The van der Waals surface area contributed by atoms with Gasteiger partial charge in [0.2, 0.25) is 0 Å². The van der Waals surface area contributed by atoms with E-state index in [-0.39, 0.29) is 0 Å². The minimum Gasteiger partial charge on any atom is -0.298 e. The van der Waals surface area contributed by atoms with Gasteiger partial charge in [0.15, 0.2) is 5.82 Å². The number of aromatic nitrogens is 5. The second-order valence-corrected chi connectivity index (χ2v) is 12.3. The predicted octanol–water partition coefficient (Wildman–Crippen LogP) is 10.8. The van der Waals surface area contributed by atoms with Crippen LogP contribution in [0.1, 0.15) is 0 Å². The summed E-state index contributed by atoms with van der Waals surface area (Å²) >= 11 is 0. The zero-order chi connectivity index (χ0) is 32.3. The van der Waals surface area contributed by atoms with Gasteiger partial charge in [-0.15, -0.1) is 0 Å². The second kappa shape index (κ2) is 10.9. The Morgan fingerprint density at radius 1 is 0.429 bits per heavy atom. The van der Waals surface area contributed by atoms with Crippen LogP contribution in [0.2, 0.25) is 0 Å². The van der Waals surface area contributed by atoms with E-state index in [0.29, 0.717) is 5.82 Å². The minimum atomic E-state index is 0.658. The van der Waals surface area contributed by atoms with Crippen LogP contribution < -0.4 is 0 Å². The Hall–Kier alpha value is -6.72. The molecule has 4 heterocycles. The molecule has 10 aromatic rings. The number of nitrogens with zero attached hydrogens (tertiary/aromatic N) is 5. The minimum absolute atomic E-state index is 0.658. The fourth-order valence-electron chi connectivity index (χ4n) is 7.11. The third-order valence-electron chi connectivity index (χ3n) is 9.40. The predicted molar refractivity (Wildman–Crippen MR) is 200 cm³/mol. The molecule has 5 heteroatoms. The molecule has 49 heavy (non-hydrogen) atoms. The summed E-state index contributed by atoms with van der Waals surface area (Å²) in [5.74, 6) is 0.658. The van der Waals surface area contributed by atoms with Crippen LogP contribution in [0.5, 0.6) is 0 Å². The molecule has 0 atom stereocenters. The van der Waals surface area contributed by atoms with Crippen LogP contribution in [-0.4, -0.2) is 24.3 Å². The SMILES string of the molecule is c1cc(-c2nc(-c3cccc4ccccc34)cc(-c3cccc4ccccc34)n2)cc(-c2nc3ccccc3c3nc4ccccn4c23)c1. The van der Waals surface area contributed by atoms with E-state index in [9.17, 15) is 0 Å². The van der Waals surface area contributed by atoms with Gasteiger partial charge in [-0.05, 0) is 51.9 Å². The van der Waals surface area contributed by atoms with Crippen LogP contribution >= 0.6 is 0 Å². The van der Waals surface area contributed by atoms with Gasteiger partial charge >= 0.3 is 0 Å². The summed E-state index contributed by atoms with van der Waals surface area (Å²) in [4.78, 5) is 20.8. The second-order valence-electron chi connectivity index (χ2n) is 12.3. The summed E-state index contributed by atoms with van der Waals surface area (Å²) in [6.07, 6.45) is 2.06. The van der Waals surface area contributed by atoms with Gasteiger partial charge in [-0.2, -0.15) is 0 Å². The molecule has 10 rings (SSSR count). The number of rotatable bonds is 4. The lowest BCUT2D eigenvalue weighted by molar-refractivity contribution is 1.19. The summed E-state index contributed by atoms with van der Waals surface area (Å²) in [6.45, 7) is 0. The maximum absolute atomic E-state index is 5.27. The molecule has 0 bridgehead atoms. The Balaban J connectivity index is 1.22. The number of benzene rings is 6. The van der Waals surface area contributed by atoms with Gasteiger partial charge in [-0.25, -0.2) is 19.9 Å². The molecule has 0 aliphatic heterocycles. The Kier molecular flexibility index (Phi) is 6.11. The molecule has 0 fully saturated rings. The summed E-state index contributed by atoms with van der Waals surface area (Å²) in [5.41, 5.74) is 10.4. The molecule has 6 aromatic carbocycles. The fraction of sp³-hybridized carbons (Fsp3) is 0. The van der Waals surface area contributed by atoms with E-state index >= 15 is 0 Å². The quantitative estimate of drug-likeness (QED) is 0.195. The van der Waals surface area contributed by atoms with E-state index in [1.807, 2.05) is 30.3 Å². The molecular formula is C44H27N5. The summed E-state index contributed by atoms with van der Waals surface area (Å²) in [5, 5.41) is 5.69. The van der Waals surface area contributed by atoms with E-state index < -0.39 is 0 Å². The Morgan fingerprint density at radius 3 is 1.76 bits per heavy atom. The lowest BCUT2D eigenvalue weighted by atomic mass is 9.98. The van der Waals surface area contributed by atoms with Crippen molar-refractivity contribution < 1.29 is 0 Å². The van der Waals surface area contributed by atoms with Crippen LogP contribution in [0.3, 0.4) is 0 Å². The van der Waals surface area contributed by atoms with Crippen molar-refractivity contribution in [3.63, 3.8) is 0 Å². The first kappa shape index (κ1) is 27.4. The molecule has 0 spiro atoms. The van der Waals surface area contributed by atoms with E-state index in [4.69, 9.17) is 19.9 Å². The average molecular weight is 626 g/mol. The van der Waals surface area contributed by atoms with Crippen LogP contribution in [0.15, 0.2) is 164 Å². The highest BCUT2D eigenvalue weighted by Gasteiger charge is 2.18. The lowest BCUT2D eigenvalue weighted by Gasteiger charge is -2.13. The van der Waals surface area contributed by atoms with E-state index in [1.165, 1.54) is 10.8 Å². The van der Waals surface area contributed by atoms with Crippen molar-refractivity contribution in [1.82, 2.24) is 24.3 Å². The average Bonchev–Trinajstić information content (AvgIpc) is 3.57. The van der Waals surface area contributed by atoms with Gasteiger partial charge in [0.05, 0.1) is 28.1 Å². The Bertz CT molecular complexity index is 2800. The molecule has 0 aliphatic rings. The first-order valence-corrected chi connectivity index (χ1v) is 16.4. The van der Waals surface area contributed by atoms with Crippen molar-refractivity contribution in [2.45, 2.75) is 0 Å². The smallest absolute Gasteiger partial charge is 0.160 e. The third-order valence-corrected chi connectivity index (χ3v) is 9.40. The van der Waals surface area contributed by atoms with E-state index in [2.05, 4.69) is 138 Å². The molecule has 0 saturated carbocycles. The van der Waals surface area contributed by atoms with Crippen molar-refractivity contribution >= 4 is 49.1 Å². The van der Waals surface area contributed by atoms with E-state index in [1.54, 1.807) is 0 Å². The van der Waals surface area contributed by atoms with Crippen molar-refractivity contribution in [3.05, 3.63) is 164 Å². The standard InChI is InChI=1S/C44H27N5/c1-3-18-32-28(12-1)14-10-21-34(32)38-27-39(35-22-11-15-29-13-2-4-19-33(29)35)47-44(46-38)31-17-9-16-30(26-31)41-43-42(36-20-5-6-23-37(36)45-41)48-40-24-7-8-25-49(40)43/h1-27H. The molecule has 5 nitrogen and oxygen atoms in total. The molecular weight excluding hydrogens is 599 g/mol. The fourth-order valence-corrected chi connectivity index (χ4v) is 7.11. The largest absolute Gasteiger partial charge is 0.298 e. The van der Waals surface area contributed by atoms with Crippen molar-refractivity contribution in [2.75, 3.05) is 0 Å². The molecule has 0 unspecified atom stereocenters. The Labute approximate surface area is 281 Å². The van der Waals surface area contributed by atoms with Gasteiger partial charge in [0.1, 0.15) is 11.2 Å². The molecule has 0 radical (unpaired) electrons. The van der Waals surface area contributed by atoms with Gasteiger partial charge < -0.3 is 0 Å². The number of fused-ring (bicyclic) bond motifs is 7. The zero-order valence-electron chi connectivity index (χ0n) is 26.3. The first-order chi connectivity index (χ1) is 24.3. The third kappa shape index (κ3) is 4.48. The molecule has 0 saturated heterocycles. The number of hydrogen-bond donors (Lipinski definition) is 0. The normalized spacial score (nSPS) is 11.7. The summed E-state index contributed by atoms with van der Waals surface area (Å²) < 4.78 is 2.13. The van der Waals surface area contributed by atoms with Crippen LogP contribution in [0.25, 0.3) is 94.3 Å². The Morgan fingerprint density at radius 2 is 1.02 bits per heavy atom. The monoisotopic (exact) mass is 625 g/mol. The topological polar surface area (TPSA) is 56.0 Å². The molecule has 0 N–H and O–H groups in total. The van der Waals surface area contributed by atoms with Crippen molar-refractivity contribution in [1.29, 1.82) is 0 Å². The first-order valence-electron chi connectivity index (χ1n) is 16.4. The molecule has 228 valence electrons. The van der Waals surface area contributed by atoms with Crippen LogP contribution in [0.4, 0.5) is 0 Å². The number of imidazole rings is 1. The van der Waals surface area contributed by atoms with Gasteiger partial charge in [0, 0.05) is 33.8 Å². The maximum atomic E-state index is 5.27. The van der Waals surface area contributed by atoms with Gasteiger partial charge in [-0.1, -0.05) is 127 Å². The van der Waals surface area contributed by atoms with Crippen molar-refractivity contribution in [2.24, 2.45) is 0 Å². The number of para-hydroxylation sites is 1. The lowest BCUT2D eigenvalue weighted by Crippen LogP contribution is -1.97. The van der Waals surface area contributed by atoms with Gasteiger partial charge in [0.25, 0.3) is 0 Å². The molecule has 0 amide bonds. The summed E-state index contributed by atoms with van der Waals surface area (Å²) in [6, 6.07) is 54.6. The molecule has 0 aliphatic carbocycles. The highest BCUT2D eigenvalue weighted by Crippen LogP contribution is 2.37.